The van der Waals surface area contributed by atoms with E-state index in [0.717, 1.165) is 17.7 Å². The van der Waals surface area contributed by atoms with Crippen LogP contribution in [0.4, 0.5) is 5.69 Å². The summed E-state index contributed by atoms with van der Waals surface area (Å²) in [6.07, 6.45) is 2.75. The third-order valence-corrected chi connectivity index (χ3v) is 3.94. The molecule has 108 valence electrons. The first-order chi connectivity index (χ1) is 9.52. The van der Waals surface area contributed by atoms with Gasteiger partial charge in [0.1, 0.15) is 0 Å². The van der Waals surface area contributed by atoms with Crippen molar-refractivity contribution in [2.45, 2.75) is 33.1 Å². The predicted molar refractivity (Wildman–Crippen MR) is 83.0 cm³/mol. The molecule has 1 aliphatic heterocycles. The van der Waals surface area contributed by atoms with Crippen molar-refractivity contribution in [3.8, 4) is 0 Å². The number of anilines is 1. The first-order valence-electron chi connectivity index (χ1n) is 7.23. The summed E-state index contributed by atoms with van der Waals surface area (Å²) < 4.78 is 4.96. The van der Waals surface area contributed by atoms with Gasteiger partial charge in [0.25, 0.3) is 0 Å². The van der Waals surface area contributed by atoms with E-state index >= 15 is 0 Å². The minimum atomic E-state index is -0.270. The normalized spacial score (nSPS) is 18.7. The van der Waals surface area contributed by atoms with E-state index in [2.05, 4.69) is 37.1 Å². The van der Waals surface area contributed by atoms with Gasteiger partial charge in [0.15, 0.2) is 0 Å². The first kappa shape index (κ1) is 14.6. The maximum Gasteiger partial charge on any atom is 0.331 e. The highest BCUT2D eigenvalue weighted by atomic mass is 16.5. The zero-order valence-electron chi connectivity index (χ0n) is 12.8. The topological polar surface area (TPSA) is 29.5 Å². The summed E-state index contributed by atoms with van der Waals surface area (Å²) in [6.45, 7) is 7.55. The minimum Gasteiger partial charge on any atom is -0.463 e. The van der Waals surface area contributed by atoms with Gasteiger partial charge in [0.2, 0.25) is 0 Å². The molecule has 0 amide bonds. The van der Waals surface area contributed by atoms with E-state index < -0.39 is 0 Å². The fourth-order valence-corrected chi connectivity index (χ4v) is 2.65. The predicted octanol–water partition coefficient (Wildman–Crippen LogP) is 3.60. The van der Waals surface area contributed by atoms with E-state index in [9.17, 15) is 4.79 Å². The monoisotopic (exact) mass is 273 g/mol. The van der Waals surface area contributed by atoms with Gasteiger partial charge in [0, 0.05) is 25.4 Å². The van der Waals surface area contributed by atoms with Gasteiger partial charge in [-0.2, -0.15) is 0 Å². The van der Waals surface area contributed by atoms with Crippen LogP contribution in [0.2, 0.25) is 0 Å². The lowest BCUT2D eigenvalue weighted by Gasteiger charge is -2.32. The van der Waals surface area contributed by atoms with Gasteiger partial charge in [-0.15, -0.1) is 0 Å². The average molecular weight is 273 g/mol. The molecule has 0 bridgehead atoms. The molecule has 1 aliphatic rings. The first-order valence-corrected chi connectivity index (χ1v) is 7.23. The summed E-state index contributed by atoms with van der Waals surface area (Å²) in [7, 11) is 2.13. The van der Waals surface area contributed by atoms with Crippen molar-refractivity contribution < 1.29 is 9.53 Å². The molecule has 1 aromatic carbocycles. The van der Waals surface area contributed by atoms with Crippen LogP contribution in [-0.4, -0.2) is 26.2 Å². The number of hydrogen-bond donors (Lipinski definition) is 0. The third-order valence-electron chi connectivity index (χ3n) is 3.94. The van der Waals surface area contributed by atoms with Crippen LogP contribution in [0.3, 0.4) is 0 Å². The molecule has 0 fully saturated rings. The molecular formula is C17H23NO2. The fraction of sp³-hybridized carbons (Fsp3) is 0.471. The van der Waals surface area contributed by atoms with Crippen LogP contribution in [0.5, 0.6) is 0 Å². The molecular weight excluding hydrogens is 250 g/mol. The summed E-state index contributed by atoms with van der Waals surface area (Å²) in [6, 6.07) is 6.45. The maximum absolute atomic E-state index is 11.5. The molecule has 2 rings (SSSR count). The van der Waals surface area contributed by atoms with Crippen molar-refractivity contribution in [1.29, 1.82) is 0 Å². The largest absolute Gasteiger partial charge is 0.463 e. The van der Waals surface area contributed by atoms with Crippen LogP contribution in [0.1, 0.15) is 44.2 Å². The molecule has 1 atom stereocenters. The molecule has 0 aliphatic carbocycles. The Bertz CT molecular complexity index is 534. The number of rotatable bonds is 3. The Hall–Kier alpha value is -1.77. The van der Waals surface area contributed by atoms with Gasteiger partial charge in [-0.1, -0.05) is 13.0 Å². The Morgan fingerprint density at radius 2 is 2.25 bits per heavy atom. The molecule has 1 unspecified atom stereocenters. The lowest BCUT2D eigenvalue weighted by atomic mass is 9.89. The maximum atomic E-state index is 11.5. The molecule has 3 nitrogen and oxygen atoms in total. The van der Waals surface area contributed by atoms with Gasteiger partial charge < -0.3 is 9.64 Å². The average Bonchev–Trinajstić information content (AvgIpc) is 2.43. The highest BCUT2D eigenvalue weighted by Crippen LogP contribution is 2.35. The van der Waals surface area contributed by atoms with Crippen molar-refractivity contribution >= 4 is 17.2 Å². The highest BCUT2D eigenvalue weighted by Gasteiger charge is 2.20. The van der Waals surface area contributed by atoms with Gasteiger partial charge in [0.05, 0.1) is 6.61 Å². The van der Waals surface area contributed by atoms with Crippen molar-refractivity contribution in [3.63, 3.8) is 0 Å². The Morgan fingerprint density at radius 1 is 1.50 bits per heavy atom. The highest BCUT2D eigenvalue weighted by molar-refractivity contribution is 5.91. The number of ether oxygens (including phenoxy) is 1. The van der Waals surface area contributed by atoms with E-state index in [1.54, 1.807) is 6.08 Å². The lowest BCUT2D eigenvalue weighted by molar-refractivity contribution is -0.137. The second kappa shape index (κ2) is 6.12. The van der Waals surface area contributed by atoms with Crippen LogP contribution < -0.4 is 4.90 Å². The Kier molecular flexibility index (Phi) is 4.48. The minimum absolute atomic E-state index is 0.270. The Labute approximate surface area is 121 Å². The molecule has 0 N–H and O–H groups in total. The lowest BCUT2D eigenvalue weighted by Crippen LogP contribution is -2.26. The number of carbonyl (C=O) groups is 1. The van der Waals surface area contributed by atoms with Crippen LogP contribution in [-0.2, 0) is 9.53 Å². The Balaban J connectivity index is 2.31. The molecule has 0 saturated heterocycles. The number of hydrogen-bond acceptors (Lipinski definition) is 3. The fourth-order valence-electron chi connectivity index (χ4n) is 2.65. The van der Waals surface area contributed by atoms with E-state index in [4.69, 9.17) is 4.74 Å². The van der Waals surface area contributed by atoms with Crippen LogP contribution in [0.25, 0.3) is 5.57 Å². The van der Waals surface area contributed by atoms with Gasteiger partial charge in [-0.05, 0) is 55.0 Å². The quantitative estimate of drug-likeness (QED) is 0.622. The van der Waals surface area contributed by atoms with Crippen LogP contribution >= 0.6 is 0 Å². The standard InChI is InChI=1S/C17H23NO2/c1-5-20-17(19)10-13(3)14-6-7-16-15(11-14)12(2)8-9-18(16)4/h6-7,10-12H,5,8-9H2,1-4H3/b13-10+. The number of benzene rings is 1. The Morgan fingerprint density at radius 3 is 2.95 bits per heavy atom. The van der Waals surface area contributed by atoms with E-state index in [1.807, 2.05) is 13.8 Å². The zero-order chi connectivity index (χ0) is 14.7. The van der Waals surface area contributed by atoms with E-state index in [0.29, 0.717) is 12.5 Å². The van der Waals surface area contributed by atoms with Gasteiger partial charge in [-0.3, -0.25) is 0 Å². The van der Waals surface area contributed by atoms with Gasteiger partial charge in [-0.25, -0.2) is 4.79 Å². The van der Waals surface area contributed by atoms with E-state index in [-0.39, 0.29) is 5.97 Å². The van der Waals surface area contributed by atoms with Crippen LogP contribution in [0, 0.1) is 0 Å². The molecule has 0 spiro atoms. The summed E-state index contributed by atoms with van der Waals surface area (Å²) in [5.41, 5.74) is 4.72. The van der Waals surface area contributed by atoms with E-state index in [1.165, 1.54) is 17.7 Å². The third kappa shape index (κ3) is 3.03. The van der Waals surface area contributed by atoms with Crippen molar-refractivity contribution in [2.75, 3.05) is 25.1 Å². The molecule has 3 heteroatoms. The number of carbonyl (C=O) groups excluding carboxylic acids is 1. The van der Waals surface area contributed by atoms with Gasteiger partial charge >= 0.3 is 5.97 Å². The number of fused-ring (bicyclic) bond motifs is 1. The summed E-state index contributed by atoms with van der Waals surface area (Å²) in [5, 5.41) is 0. The molecule has 0 aromatic heterocycles. The van der Waals surface area contributed by atoms with Crippen molar-refractivity contribution in [2.24, 2.45) is 0 Å². The second-order valence-corrected chi connectivity index (χ2v) is 5.46. The van der Waals surface area contributed by atoms with Crippen molar-refractivity contribution in [1.82, 2.24) is 0 Å². The molecule has 1 heterocycles. The number of nitrogens with zero attached hydrogens (tertiary/aromatic N) is 1. The van der Waals surface area contributed by atoms with Crippen LogP contribution in [0.15, 0.2) is 24.3 Å². The molecule has 20 heavy (non-hydrogen) atoms. The summed E-state index contributed by atoms with van der Waals surface area (Å²) >= 11 is 0. The number of allylic oxidation sites excluding steroid dienone is 1. The number of esters is 1. The SMILES string of the molecule is CCOC(=O)/C=C(\C)c1ccc2c(c1)C(C)CCN2C. The van der Waals surface area contributed by atoms with Crippen molar-refractivity contribution in [3.05, 3.63) is 35.4 Å². The molecule has 1 aromatic rings. The smallest absolute Gasteiger partial charge is 0.331 e. The molecule has 0 saturated carbocycles. The zero-order valence-corrected chi connectivity index (χ0v) is 12.8. The summed E-state index contributed by atoms with van der Waals surface area (Å²) in [5.74, 6) is 0.296. The molecule has 0 radical (unpaired) electrons. The second-order valence-electron chi connectivity index (χ2n) is 5.46. The summed E-state index contributed by atoms with van der Waals surface area (Å²) in [4.78, 5) is 13.8.